The molecule has 0 saturated carbocycles. The monoisotopic (exact) mass is 345 g/mol. The van der Waals surface area contributed by atoms with Crippen LogP contribution in [0.2, 0.25) is 5.02 Å². The molecule has 19 heavy (non-hydrogen) atoms. The zero-order valence-corrected chi connectivity index (χ0v) is 13.2. The molecule has 1 fully saturated rings. The molecule has 5 heteroatoms. The fourth-order valence-corrected chi connectivity index (χ4v) is 3.24. The van der Waals surface area contributed by atoms with Crippen molar-refractivity contribution in [1.82, 2.24) is 4.90 Å². The lowest BCUT2D eigenvalue weighted by Gasteiger charge is -2.18. The Hall–Kier alpha value is -0.740. The molecule has 1 atom stereocenters. The van der Waals surface area contributed by atoms with Gasteiger partial charge in [-0.05, 0) is 37.0 Å². The van der Waals surface area contributed by atoms with Crippen LogP contribution in [0.25, 0.3) is 0 Å². The molecule has 0 aliphatic carbocycles. The van der Waals surface area contributed by atoms with E-state index in [1.165, 1.54) is 0 Å². The van der Waals surface area contributed by atoms with Crippen molar-refractivity contribution in [1.29, 1.82) is 0 Å². The largest absolute Gasteiger partial charge is 0.496 e. The van der Waals surface area contributed by atoms with Crippen LogP contribution in [-0.2, 0) is 0 Å². The second-order valence-electron chi connectivity index (χ2n) is 4.73. The number of carbonyl (C=O) groups is 1. The lowest BCUT2D eigenvalue weighted by molar-refractivity contribution is 0.0783. The van der Waals surface area contributed by atoms with Crippen LogP contribution in [0.15, 0.2) is 18.2 Å². The summed E-state index contributed by atoms with van der Waals surface area (Å²) < 4.78 is 5.24. The van der Waals surface area contributed by atoms with Crippen LogP contribution in [-0.4, -0.2) is 36.3 Å². The van der Waals surface area contributed by atoms with Gasteiger partial charge in [0.2, 0.25) is 0 Å². The van der Waals surface area contributed by atoms with Crippen LogP contribution in [0.5, 0.6) is 5.75 Å². The van der Waals surface area contributed by atoms with Gasteiger partial charge in [-0.25, -0.2) is 0 Å². The maximum atomic E-state index is 12.5. The van der Waals surface area contributed by atoms with Crippen molar-refractivity contribution < 1.29 is 9.53 Å². The van der Waals surface area contributed by atoms with Gasteiger partial charge in [0.05, 0.1) is 12.7 Å². The molecule has 1 saturated heterocycles. The minimum atomic E-state index is 0.0106. The summed E-state index contributed by atoms with van der Waals surface area (Å²) in [5.74, 6) is 1.18. The van der Waals surface area contributed by atoms with Crippen LogP contribution in [0, 0.1) is 5.92 Å². The number of likely N-dealkylation sites (tertiary alicyclic amines) is 1. The fourth-order valence-electron chi connectivity index (χ4n) is 2.42. The first-order valence-corrected chi connectivity index (χ1v) is 7.84. The van der Waals surface area contributed by atoms with Gasteiger partial charge in [-0.15, -0.1) is 0 Å². The highest BCUT2D eigenvalue weighted by atomic mass is 79.9. The third-order valence-electron chi connectivity index (χ3n) is 3.48. The third kappa shape index (κ3) is 3.42. The maximum absolute atomic E-state index is 12.5. The highest BCUT2D eigenvalue weighted by molar-refractivity contribution is 9.09. The predicted octanol–water partition coefficient (Wildman–Crippen LogP) is 3.60. The molecule has 0 spiro atoms. The van der Waals surface area contributed by atoms with E-state index in [9.17, 15) is 4.79 Å². The molecule has 0 aromatic heterocycles. The quantitative estimate of drug-likeness (QED) is 0.780. The van der Waals surface area contributed by atoms with Crippen molar-refractivity contribution in [2.45, 2.75) is 12.8 Å². The molecule has 1 aliphatic heterocycles. The van der Waals surface area contributed by atoms with Crippen molar-refractivity contribution in [3.05, 3.63) is 28.8 Å². The molecule has 1 amide bonds. The molecule has 1 aromatic carbocycles. The lowest BCUT2D eigenvalue weighted by Crippen LogP contribution is -2.29. The van der Waals surface area contributed by atoms with E-state index in [-0.39, 0.29) is 5.91 Å². The number of hydrogen-bond donors (Lipinski definition) is 0. The molecule has 3 nitrogen and oxygen atoms in total. The standard InChI is InChI=1S/C14H17BrClNO2/c1-19-13-3-2-11(16)8-12(13)14(18)17-7-5-10(9-17)4-6-15/h2-3,8,10H,4-7,9H2,1H3. The highest BCUT2D eigenvalue weighted by Gasteiger charge is 2.28. The predicted molar refractivity (Wildman–Crippen MR) is 80.4 cm³/mol. The van der Waals surface area contributed by atoms with E-state index in [0.29, 0.717) is 22.3 Å². The summed E-state index contributed by atoms with van der Waals surface area (Å²) >= 11 is 9.42. The van der Waals surface area contributed by atoms with Crippen molar-refractivity contribution in [2.75, 3.05) is 25.5 Å². The summed E-state index contributed by atoms with van der Waals surface area (Å²) in [6, 6.07) is 5.15. The SMILES string of the molecule is COc1ccc(Cl)cc1C(=O)N1CCC(CCBr)C1. The van der Waals surface area contributed by atoms with E-state index in [1.54, 1.807) is 25.3 Å². The first-order valence-electron chi connectivity index (χ1n) is 6.34. The average Bonchev–Trinajstić information content (AvgIpc) is 2.87. The minimum absolute atomic E-state index is 0.0106. The number of rotatable bonds is 4. The molecule has 2 rings (SSSR count). The summed E-state index contributed by atoms with van der Waals surface area (Å²) in [5.41, 5.74) is 0.550. The van der Waals surface area contributed by atoms with Crippen molar-refractivity contribution >= 4 is 33.4 Å². The van der Waals surface area contributed by atoms with Gasteiger partial charge >= 0.3 is 0 Å². The average molecular weight is 347 g/mol. The molecular formula is C14H17BrClNO2. The Morgan fingerprint density at radius 2 is 2.37 bits per heavy atom. The summed E-state index contributed by atoms with van der Waals surface area (Å²) in [5, 5.41) is 1.54. The Balaban J connectivity index is 2.14. The van der Waals surface area contributed by atoms with Gasteiger partial charge < -0.3 is 9.64 Å². The van der Waals surface area contributed by atoms with Crippen LogP contribution >= 0.6 is 27.5 Å². The number of benzene rings is 1. The first-order chi connectivity index (χ1) is 9.15. The molecular weight excluding hydrogens is 330 g/mol. The Bertz CT molecular complexity index is 467. The number of carbonyl (C=O) groups excluding carboxylic acids is 1. The number of amides is 1. The van der Waals surface area contributed by atoms with Gasteiger partial charge in [0, 0.05) is 23.4 Å². The van der Waals surface area contributed by atoms with E-state index in [4.69, 9.17) is 16.3 Å². The van der Waals surface area contributed by atoms with E-state index in [2.05, 4.69) is 15.9 Å². The van der Waals surface area contributed by atoms with E-state index in [1.807, 2.05) is 4.90 Å². The molecule has 1 unspecified atom stereocenters. The second kappa shape index (κ2) is 6.62. The smallest absolute Gasteiger partial charge is 0.257 e. The van der Waals surface area contributed by atoms with Gasteiger partial charge in [-0.2, -0.15) is 0 Å². The maximum Gasteiger partial charge on any atom is 0.257 e. The summed E-state index contributed by atoms with van der Waals surface area (Å²) in [7, 11) is 1.57. The van der Waals surface area contributed by atoms with Crippen LogP contribution in [0.4, 0.5) is 0 Å². The van der Waals surface area contributed by atoms with E-state index < -0.39 is 0 Å². The highest BCUT2D eigenvalue weighted by Crippen LogP contribution is 2.27. The Kier molecular flexibility index (Phi) is 5.11. The van der Waals surface area contributed by atoms with Crippen molar-refractivity contribution in [3.8, 4) is 5.75 Å². The minimum Gasteiger partial charge on any atom is -0.496 e. The first kappa shape index (κ1) is 14.7. The molecule has 1 aliphatic rings. The van der Waals surface area contributed by atoms with Crippen LogP contribution in [0.3, 0.4) is 0 Å². The summed E-state index contributed by atoms with van der Waals surface area (Å²) in [6.45, 7) is 1.63. The Morgan fingerprint density at radius 1 is 1.58 bits per heavy atom. The van der Waals surface area contributed by atoms with Crippen LogP contribution in [0.1, 0.15) is 23.2 Å². The van der Waals surface area contributed by atoms with Gasteiger partial charge in [0.25, 0.3) is 5.91 Å². The fraction of sp³-hybridized carbons (Fsp3) is 0.500. The van der Waals surface area contributed by atoms with Gasteiger partial charge in [-0.3, -0.25) is 4.79 Å². The second-order valence-corrected chi connectivity index (χ2v) is 5.96. The molecule has 0 bridgehead atoms. The topological polar surface area (TPSA) is 29.5 Å². The van der Waals surface area contributed by atoms with Crippen LogP contribution < -0.4 is 4.74 Å². The van der Waals surface area contributed by atoms with Gasteiger partial charge in [-0.1, -0.05) is 27.5 Å². The van der Waals surface area contributed by atoms with Crippen molar-refractivity contribution in [2.24, 2.45) is 5.92 Å². The number of alkyl halides is 1. The van der Waals surface area contributed by atoms with E-state index >= 15 is 0 Å². The lowest BCUT2D eigenvalue weighted by atomic mass is 10.1. The number of methoxy groups -OCH3 is 1. The molecule has 0 radical (unpaired) electrons. The zero-order valence-electron chi connectivity index (χ0n) is 10.9. The van der Waals surface area contributed by atoms with Gasteiger partial charge in [0.15, 0.2) is 0 Å². The molecule has 1 heterocycles. The van der Waals surface area contributed by atoms with Crippen molar-refractivity contribution in [3.63, 3.8) is 0 Å². The van der Waals surface area contributed by atoms with E-state index in [0.717, 1.165) is 31.3 Å². The number of halogens is 2. The van der Waals surface area contributed by atoms with Gasteiger partial charge in [0.1, 0.15) is 5.75 Å². The zero-order chi connectivity index (χ0) is 13.8. The summed E-state index contributed by atoms with van der Waals surface area (Å²) in [6.07, 6.45) is 2.18. The third-order valence-corrected chi connectivity index (χ3v) is 4.18. The Labute approximate surface area is 127 Å². The number of nitrogens with zero attached hydrogens (tertiary/aromatic N) is 1. The molecule has 1 aromatic rings. The molecule has 104 valence electrons. The number of ether oxygens (including phenoxy) is 1. The molecule has 0 N–H and O–H groups in total. The normalized spacial score (nSPS) is 18.7. The Morgan fingerprint density at radius 3 is 3.05 bits per heavy atom. The summed E-state index contributed by atoms with van der Waals surface area (Å²) in [4.78, 5) is 14.4. The number of hydrogen-bond acceptors (Lipinski definition) is 2.